The monoisotopic (exact) mass is 226 g/mol. The zero-order valence-corrected chi connectivity index (χ0v) is 10.7. The van der Waals surface area contributed by atoms with E-state index in [-0.39, 0.29) is 11.9 Å². The molecule has 3 N–H and O–H groups in total. The Labute approximate surface area is 99.2 Å². The molecule has 1 aliphatic carbocycles. The minimum absolute atomic E-state index is 0.0350. The molecule has 16 heavy (non-hydrogen) atoms. The lowest BCUT2D eigenvalue weighted by Gasteiger charge is -2.22. The Kier molecular flexibility index (Phi) is 5.81. The minimum atomic E-state index is -0.316. The lowest BCUT2D eigenvalue weighted by molar-refractivity contribution is -0.123. The van der Waals surface area contributed by atoms with Crippen LogP contribution in [-0.2, 0) is 4.79 Å². The number of rotatable bonds is 6. The molecular weight excluding hydrogens is 200 g/mol. The Morgan fingerprint density at radius 1 is 1.44 bits per heavy atom. The summed E-state index contributed by atoms with van der Waals surface area (Å²) >= 11 is 0. The average molecular weight is 226 g/mol. The van der Waals surface area contributed by atoms with Gasteiger partial charge in [0.1, 0.15) is 0 Å². The van der Waals surface area contributed by atoms with Crippen molar-refractivity contribution < 1.29 is 4.79 Å². The molecule has 3 nitrogen and oxygen atoms in total. The van der Waals surface area contributed by atoms with Crippen LogP contribution in [0.4, 0.5) is 0 Å². The van der Waals surface area contributed by atoms with Gasteiger partial charge in [-0.3, -0.25) is 4.79 Å². The molecule has 1 saturated carbocycles. The molecule has 0 aromatic rings. The lowest BCUT2D eigenvalue weighted by atomic mass is 9.99. The molecule has 0 aromatic carbocycles. The van der Waals surface area contributed by atoms with E-state index in [2.05, 4.69) is 19.2 Å². The van der Waals surface area contributed by atoms with Crippen molar-refractivity contribution in [2.75, 3.05) is 0 Å². The molecule has 0 radical (unpaired) electrons. The van der Waals surface area contributed by atoms with Gasteiger partial charge in [-0.15, -0.1) is 0 Å². The van der Waals surface area contributed by atoms with Crippen molar-refractivity contribution in [3.8, 4) is 0 Å². The van der Waals surface area contributed by atoms with Crippen LogP contribution in [0, 0.1) is 5.92 Å². The van der Waals surface area contributed by atoms with E-state index < -0.39 is 0 Å². The Hall–Kier alpha value is -0.570. The first-order chi connectivity index (χ1) is 7.65. The second-order valence-corrected chi connectivity index (χ2v) is 5.09. The summed E-state index contributed by atoms with van der Waals surface area (Å²) in [5.74, 6) is 0.704. The molecule has 1 amide bonds. The molecule has 94 valence electrons. The number of amides is 1. The van der Waals surface area contributed by atoms with E-state index in [1.165, 1.54) is 25.7 Å². The van der Waals surface area contributed by atoms with Crippen LogP contribution in [0.3, 0.4) is 0 Å². The van der Waals surface area contributed by atoms with E-state index >= 15 is 0 Å². The molecule has 0 saturated heterocycles. The van der Waals surface area contributed by atoms with Gasteiger partial charge in [-0.05, 0) is 32.1 Å². The number of unbranched alkanes of at least 4 members (excludes halogenated alkanes) is 1. The molecular formula is C13H26N2O. The molecule has 0 aliphatic heterocycles. The number of nitrogens with two attached hydrogens (primary N) is 1. The van der Waals surface area contributed by atoms with Crippen LogP contribution in [0.5, 0.6) is 0 Å². The summed E-state index contributed by atoms with van der Waals surface area (Å²) in [5, 5.41) is 3.07. The first-order valence-electron chi connectivity index (χ1n) is 6.71. The van der Waals surface area contributed by atoms with Crippen molar-refractivity contribution >= 4 is 5.91 Å². The summed E-state index contributed by atoms with van der Waals surface area (Å²) in [5.41, 5.74) is 5.84. The first-order valence-corrected chi connectivity index (χ1v) is 6.71. The molecule has 0 bridgehead atoms. The molecule has 1 unspecified atom stereocenters. The number of carbonyl (C=O) groups excluding carboxylic acids is 1. The zero-order valence-electron chi connectivity index (χ0n) is 10.7. The largest absolute Gasteiger partial charge is 0.352 e. The van der Waals surface area contributed by atoms with Crippen molar-refractivity contribution in [3.63, 3.8) is 0 Å². The smallest absolute Gasteiger partial charge is 0.237 e. The molecule has 0 spiro atoms. The normalized spacial score (nSPS) is 20.7. The highest BCUT2D eigenvalue weighted by molar-refractivity contribution is 5.81. The maximum Gasteiger partial charge on any atom is 0.237 e. The van der Waals surface area contributed by atoms with Crippen LogP contribution in [0.1, 0.15) is 58.8 Å². The van der Waals surface area contributed by atoms with Crippen molar-refractivity contribution in [2.24, 2.45) is 11.7 Å². The van der Waals surface area contributed by atoms with Gasteiger partial charge in [0.2, 0.25) is 5.91 Å². The van der Waals surface area contributed by atoms with Gasteiger partial charge in [0.15, 0.2) is 0 Å². The fourth-order valence-corrected chi connectivity index (χ4v) is 2.46. The minimum Gasteiger partial charge on any atom is -0.352 e. The second kappa shape index (κ2) is 6.89. The van der Waals surface area contributed by atoms with E-state index in [0.717, 1.165) is 19.3 Å². The van der Waals surface area contributed by atoms with Gasteiger partial charge < -0.3 is 11.1 Å². The Bertz CT molecular complexity index is 212. The van der Waals surface area contributed by atoms with Crippen molar-refractivity contribution in [2.45, 2.75) is 70.9 Å². The quantitative estimate of drug-likeness (QED) is 0.729. The topological polar surface area (TPSA) is 55.1 Å². The summed E-state index contributed by atoms with van der Waals surface area (Å²) in [6.07, 6.45) is 8.07. The van der Waals surface area contributed by atoms with Crippen molar-refractivity contribution in [3.05, 3.63) is 0 Å². The molecule has 1 fully saturated rings. The summed E-state index contributed by atoms with van der Waals surface area (Å²) in [4.78, 5) is 11.8. The zero-order chi connectivity index (χ0) is 12.0. The van der Waals surface area contributed by atoms with Crippen LogP contribution in [0.2, 0.25) is 0 Å². The van der Waals surface area contributed by atoms with Gasteiger partial charge in [0.25, 0.3) is 0 Å². The SMILES string of the molecule is CCCCC(N)C(=O)N[C@@H](C)C1CCCC1. The predicted molar refractivity (Wildman–Crippen MR) is 67.1 cm³/mol. The fourth-order valence-electron chi connectivity index (χ4n) is 2.46. The molecule has 1 rings (SSSR count). The average Bonchev–Trinajstić information content (AvgIpc) is 2.79. The number of carbonyl (C=O) groups is 1. The van der Waals surface area contributed by atoms with E-state index in [0.29, 0.717) is 12.0 Å². The second-order valence-electron chi connectivity index (χ2n) is 5.09. The summed E-state index contributed by atoms with van der Waals surface area (Å²) in [6.45, 7) is 4.23. The van der Waals surface area contributed by atoms with Crippen LogP contribution >= 0.6 is 0 Å². The first kappa shape index (κ1) is 13.5. The maximum absolute atomic E-state index is 11.8. The van der Waals surface area contributed by atoms with Crippen molar-refractivity contribution in [1.29, 1.82) is 0 Å². The Balaban J connectivity index is 2.26. The number of nitrogens with one attached hydrogen (secondary N) is 1. The van der Waals surface area contributed by atoms with Crippen LogP contribution in [0.25, 0.3) is 0 Å². The van der Waals surface area contributed by atoms with Gasteiger partial charge in [0.05, 0.1) is 6.04 Å². The van der Waals surface area contributed by atoms with E-state index in [1.807, 2.05) is 0 Å². The van der Waals surface area contributed by atoms with E-state index in [1.54, 1.807) is 0 Å². The van der Waals surface area contributed by atoms with Crippen LogP contribution < -0.4 is 11.1 Å². The number of hydrogen-bond acceptors (Lipinski definition) is 2. The van der Waals surface area contributed by atoms with Gasteiger partial charge >= 0.3 is 0 Å². The molecule has 0 heterocycles. The standard InChI is InChI=1S/C13H26N2O/c1-3-4-9-12(14)13(16)15-10(2)11-7-5-6-8-11/h10-12H,3-9,14H2,1-2H3,(H,15,16)/t10-,12?/m0/s1. The summed E-state index contributed by atoms with van der Waals surface area (Å²) in [6, 6.07) is -0.0218. The Morgan fingerprint density at radius 2 is 2.06 bits per heavy atom. The van der Waals surface area contributed by atoms with Crippen LogP contribution in [-0.4, -0.2) is 18.0 Å². The molecule has 3 heteroatoms. The van der Waals surface area contributed by atoms with Gasteiger partial charge in [0, 0.05) is 6.04 Å². The van der Waals surface area contributed by atoms with E-state index in [9.17, 15) is 4.79 Å². The van der Waals surface area contributed by atoms with Gasteiger partial charge in [-0.1, -0.05) is 32.6 Å². The van der Waals surface area contributed by atoms with E-state index in [4.69, 9.17) is 5.73 Å². The third kappa shape index (κ3) is 4.12. The third-order valence-electron chi connectivity index (χ3n) is 3.68. The van der Waals surface area contributed by atoms with Crippen LogP contribution in [0.15, 0.2) is 0 Å². The van der Waals surface area contributed by atoms with Crippen molar-refractivity contribution in [1.82, 2.24) is 5.32 Å². The molecule has 2 atom stereocenters. The highest BCUT2D eigenvalue weighted by Crippen LogP contribution is 2.27. The fraction of sp³-hybridized carbons (Fsp3) is 0.923. The maximum atomic E-state index is 11.8. The highest BCUT2D eigenvalue weighted by atomic mass is 16.2. The third-order valence-corrected chi connectivity index (χ3v) is 3.68. The lowest BCUT2D eigenvalue weighted by Crippen LogP contribution is -2.46. The number of hydrogen-bond donors (Lipinski definition) is 2. The Morgan fingerprint density at radius 3 is 2.62 bits per heavy atom. The highest BCUT2D eigenvalue weighted by Gasteiger charge is 2.24. The molecule has 0 aromatic heterocycles. The van der Waals surface area contributed by atoms with Gasteiger partial charge in [-0.25, -0.2) is 0 Å². The molecule has 1 aliphatic rings. The van der Waals surface area contributed by atoms with Gasteiger partial charge in [-0.2, -0.15) is 0 Å². The predicted octanol–water partition coefficient (Wildman–Crippen LogP) is 2.20. The summed E-state index contributed by atoms with van der Waals surface area (Å²) < 4.78 is 0. The summed E-state index contributed by atoms with van der Waals surface area (Å²) in [7, 11) is 0.